The highest BCUT2D eigenvalue weighted by molar-refractivity contribution is 5.92. The van der Waals surface area contributed by atoms with Crippen molar-refractivity contribution >= 4 is 5.97 Å². The van der Waals surface area contributed by atoms with Crippen LogP contribution in [-0.2, 0) is 17.9 Å². The van der Waals surface area contributed by atoms with Crippen molar-refractivity contribution < 1.29 is 14.3 Å². The molecular weight excluding hydrogens is 272 g/mol. The Bertz CT molecular complexity index is 624. The lowest BCUT2D eigenvalue weighted by Gasteiger charge is -2.09. The summed E-state index contributed by atoms with van der Waals surface area (Å²) in [6.07, 6.45) is 0.900. The molecule has 7 nitrogen and oxygen atoms in total. The van der Waals surface area contributed by atoms with Gasteiger partial charge in [0.15, 0.2) is 12.4 Å². The summed E-state index contributed by atoms with van der Waals surface area (Å²) in [5.74, 6) is 0.553. The van der Waals surface area contributed by atoms with Gasteiger partial charge in [-0.3, -0.25) is 0 Å². The molecule has 0 radical (unpaired) electrons. The molecular formula is C14H18N4O3. The average Bonchev–Trinajstić information content (AvgIpc) is 2.92. The summed E-state index contributed by atoms with van der Waals surface area (Å²) in [7, 11) is 1.52. The second-order valence-electron chi connectivity index (χ2n) is 4.60. The van der Waals surface area contributed by atoms with Crippen molar-refractivity contribution in [1.82, 2.24) is 20.2 Å². The van der Waals surface area contributed by atoms with Crippen molar-refractivity contribution in [2.45, 2.75) is 33.4 Å². The number of ether oxygens (including phenoxy) is 2. The lowest BCUT2D eigenvalue weighted by molar-refractivity contribution is 0.0452. The fourth-order valence-electron chi connectivity index (χ4n) is 1.90. The first-order chi connectivity index (χ1) is 10.2. The van der Waals surface area contributed by atoms with E-state index in [0.29, 0.717) is 23.7 Å². The molecule has 0 amide bonds. The minimum Gasteiger partial charge on any atom is -0.496 e. The molecule has 1 aromatic heterocycles. The Morgan fingerprint density at radius 2 is 2.19 bits per heavy atom. The number of tetrazole rings is 1. The van der Waals surface area contributed by atoms with Gasteiger partial charge < -0.3 is 9.47 Å². The van der Waals surface area contributed by atoms with E-state index in [1.54, 1.807) is 16.8 Å². The second kappa shape index (κ2) is 6.83. The Hall–Kier alpha value is -2.44. The van der Waals surface area contributed by atoms with Gasteiger partial charge in [-0.15, -0.1) is 5.10 Å². The van der Waals surface area contributed by atoms with Crippen molar-refractivity contribution in [2.24, 2.45) is 0 Å². The molecule has 1 aromatic carbocycles. The number of aryl methyl sites for hydroxylation is 2. The lowest BCUT2D eigenvalue weighted by Crippen LogP contribution is -2.12. The standard InChI is InChI=1S/C14H18N4O3/c1-4-7-18-13(15-16-17-18)9-21-14(19)11-8-10(2)5-6-12(11)20-3/h5-6,8H,4,7,9H2,1-3H3. The molecule has 7 heteroatoms. The minimum absolute atomic E-state index is 0.0307. The van der Waals surface area contributed by atoms with Gasteiger partial charge in [0.25, 0.3) is 0 Å². The Morgan fingerprint density at radius 1 is 1.38 bits per heavy atom. The van der Waals surface area contributed by atoms with Crippen molar-refractivity contribution in [3.8, 4) is 5.75 Å². The van der Waals surface area contributed by atoms with Crippen LogP contribution in [0.15, 0.2) is 18.2 Å². The number of carbonyl (C=O) groups excluding carboxylic acids is 1. The maximum Gasteiger partial charge on any atom is 0.342 e. The van der Waals surface area contributed by atoms with Crippen molar-refractivity contribution in [2.75, 3.05) is 7.11 Å². The quantitative estimate of drug-likeness (QED) is 0.754. The molecule has 0 saturated heterocycles. The van der Waals surface area contributed by atoms with Gasteiger partial charge >= 0.3 is 5.97 Å². The third-order valence-corrected chi connectivity index (χ3v) is 2.95. The fraction of sp³-hybridized carbons (Fsp3) is 0.429. The van der Waals surface area contributed by atoms with Gasteiger partial charge in [0.2, 0.25) is 0 Å². The van der Waals surface area contributed by atoms with Gasteiger partial charge in [0.1, 0.15) is 11.3 Å². The topological polar surface area (TPSA) is 79.1 Å². The maximum atomic E-state index is 12.2. The van der Waals surface area contributed by atoms with Gasteiger partial charge in [-0.2, -0.15) is 0 Å². The molecule has 0 aliphatic carbocycles. The fourth-order valence-corrected chi connectivity index (χ4v) is 1.90. The van der Waals surface area contributed by atoms with Crippen LogP contribution < -0.4 is 4.74 Å². The first-order valence-electron chi connectivity index (χ1n) is 6.72. The van der Waals surface area contributed by atoms with Crippen LogP contribution >= 0.6 is 0 Å². The van der Waals surface area contributed by atoms with Crippen LogP contribution in [0.25, 0.3) is 0 Å². The van der Waals surface area contributed by atoms with Crippen LogP contribution in [0.2, 0.25) is 0 Å². The van der Waals surface area contributed by atoms with Gasteiger partial charge in [0, 0.05) is 6.54 Å². The van der Waals surface area contributed by atoms with Crippen LogP contribution in [0, 0.1) is 6.92 Å². The van der Waals surface area contributed by atoms with Gasteiger partial charge in [-0.1, -0.05) is 18.6 Å². The number of benzene rings is 1. The second-order valence-corrected chi connectivity index (χ2v) is 4.60. The summed E-state index contributed by atoms with van der Waals surface area (Å²) in [6.45, 7) is 4.64. The number of aromatic nitrogens is 4. The van der Waals surface area contributed by atoms with Crippen molar-refractivity contribution in [3.05, 3.63) is 35.2 Å². The number of rotatable bonds is 6. The van der Waals surface area contributed by atoms with E-state index in [0.717, 1.165) is 12.0 Å². The maximum absolute atomic E-state index is 12.2. The highest BCUT2D eigenvalue weighted by Crippen LogP contribution is 2.20. The number of esters is 1. The Kier molecular flexibility index (Phi) is 4.86. The summed E-state index contributed by atoms with van der Waals surface area (Å²) in [6, 6.07) is 5.35. The van der Waals surface area contributed by atoms with Crippen LogP contribution in [-0.4, -0.2) is 33.3 Å². The van der Waals surface area contributed by atoms with Crippen LogP contribution in [0.5, 0.6) is 5.75 Å². The molecule has 2 aromatic rings. The molecule has 0 N–H and O–H groups in total. The van der Waals surface area contributed by atoms with E-state index in [1.807, 2.05) is 19.9 Å². The summed E-state index contributed by atoms with van der Waals surface area (Å²) in [4.78, 5) is 12.2. The number of hydrogen-bond acceptors (Lipinski definition) is 6. The Balaban J connectivity index is 2.08. The minimum atomic E-state index is -0.457. The Labute approximate surface area is 122 Å². The van der Waals surface area contributed by atoms with E-state index in [1.165, 1.54) is 7.11 Å². The Morgan fingerprint density at radius 3 is 2.90 bits per heavy atom. The smallest absolute Gasteiger partial charge is 0.342 e. The van der Waals surface area contributed by atoms with Gasteiger partial charge in [-0.25, -0.2) is 9.48 Å². The van der Waals surface area contributed by atoms with Crippen molar-refractivity contribution in [3.63, 3.8) is 0 Å². The molecule has 0 unspecified atom stereocenters. The van der Waals surface area contributed by atoms with E-state index >= 15 is 0 Å². The highest BCUT2D eigenvalue weighted by atomic mass is 16.5. The third-order valence-electron chi connectivity index (χ3n) is 2.95. The molecule has 0 bridgehead atoms. The van der Waals surface area contributed by atoms with E-state index in [9.17, 15) is 4.79 Å². The SMILES string of the molecule is CCCn1nnnc1COC(=O)c1cc(C)ccc1OC. The van der Waals surface area contributed by atoms with E-state index in [-0.39, 0.29) is 6.61 Å². The zero-order valence-corrected chi connectivity index (χ0v) is 12.4. The van der Waals surface area contributed by atoms with E-state index < -0.39 is 5.97 Å². The molecule has 2 rings (SSSR count). The predicted octanol–water partition coefficient (Wildman–Crippen LogP) is 1.76. The molecule has 21 heavy (non-hydrogen) atoms. The molecule has 0 atom stereocenters. The van der Waals surface area contributed by atoms with Crippen molar-refractivity contribution in [1.29, 1.82) is 0 Å². The average molecular weight is 290 g/mol. The highest BCUT2D eigenvalue weighted by Gasteiger charge is 2.15. The van der Waals surface area contributed by atoms with Crippen LogP contribution in [0.4, 0.5) is 0 Å². The molecule has 0 saturated carbocycles. The van der Waals surface area contributed by atoms with Crippen LogP contribution in [0.3, 0.4) is 0 Å². The van der Waals surface area contributed by atoms with Gasteiger partial charge in [-0.05, 0) is 35.9 Å². The molecule has 112 valence electrons. The van der Waals surface area contributed by atoms with E-state index in [4.69, 9.17) is 9.47 Å². The third kappa shape index (κ3) is 3.56. The van der Waals surface area contributed by atoms with E-state index in [2.05, 4.69) is 15.5 Å². The first kappa shape index (κ1) is 15.0. The molecule has 0 aliphatic rings. The monoisotopic (exact) mass is 290 g/mol. The zero-order valence-electron chi connectivity index (χ0n) is 12.4. The number of nitrogens with zero attached hydrogens (tertiary/aromatic N) is 4. The molecule has 0 spiro atoms. The zero-order chi connectivity index (χ0) is 15.2. The van der Waals surface area contributed by atoms with Gasteiger partial charge in [0.05, 0.1) is 7.11 Å². The normalized spacial score (nSPS) is 10.4. The molecule has 0 fully saturated rings. The lowest BCUT2D eigenvalue weighted by atomic mass is 10.1. The molecule has 0 aliphatic heterocycles. The first-order valence-corrected chi connectivity index (χ1v) is 6.72. The predicted molar refractivity (Wildman–Crippen MR) is 75.0 cm³/mol. The summed E-state index contributed by atoms with van der Waals surface area (Å²) < 4.78 is 12.1. The largest absolute Gasteiger partial charge is 0.496 e. The summed E-state index contributed by atoms with van der Waals surface area (Å²) in [5, 5.41) is 11.3. The molecule has 1 heterocycles. The number of carbonyl (C=O) groups is 1. The van der Waals surface area contributed by atoms with Crippen LogP contribution in [0.1, 0.15) is 35.1 Å². The summed E-state index contributed by atoms with van der Waals surface area (Å²) >= 11 is 0. The number of methoxy groups -OCH3 is 1. The summed E-state index contributed by atoms with van der Waals surface area (Å²) in [5.41, 5.74) is 1.35. The number of hydrogen-bond donors (Lipinski definition) is 0.